The third kappa shape index (κ3) is 4.69. The standard InChI is InChI=1S/C16H27NO3/c1-11(2)20-14-8-7-13(9-15(14)19-6)10-17-16(4,5)12(3)18/h7-9,11-12,17-18H,10H2,1-6H3. The molecular weight excluding hydrogens is 254 g/mol. The van der Waals surface area contributed by atoms with Gasteiger partial charge in [-0.05, 0) is 52.3 Å². The molecule has 2 N–H and O–H groups in total. The fourth-order valence-electron chi connectivity index (χ4n) is 1.65. The molecule has 4 heteroatoms. The van der Waals surface area contributed by atoms with E-state index in [1.54, 1.807) is 14.0 Å². The number of aliphatic hydroxyl groups is 1. The lowest BCUT2D eigenvalue weighted by atomic mass is 9.98. The molecule has 20 heavy (non-hydrogen) atoms. The molecule has 0 saturated heterocycles. The fraction of sp³-hybridized carbons (Fsp3) is 0.625. The van der Waals surface area contributed by atoms with Crippen molar-refractivity contribution in [3.8, 4) is 11.5 Å². The lowest BCUT2D eigenvalue weighted by Gasteiger charge is -2.29. The van der Waals surface area contributed by atoms with Crippen LogP contribution in [0.5, 0.6) is 11.5 Å². The summed E-state index contributed by atoms with van der Waals surface area (Å²) in [4.78, 5) is 0. The Morgan fingerprint density at radius 2 is 1.85 bits per heavy atom. The van der Waals surface area contributed by atoms with Gasteiger partial charge in [0.05, 0.1) is 19.3 Å². The third-order valence-electron chi connectivity index (χ3n) is 3.38. The van der Waals surface area contributed by atoms with Crippen molar-refractivity contribution in [3.05, 3.63) is 23.8 Å². The SMILES string of the molecule is COc1cc(CNC(C)(C)C(C)O)ccc1OC(C)C. The highest BCUT2D eigenvalue weighted by molar-refractivity contribution is 5.43. The van der Waals surface area contributed by atoms with Gasteiger partial charge in [-0.1, -0.05) is 6.07 Å². The molecule has 0 aromatic heterocycles. The molecule has 0 aliphatic carbocycles. The minimum atomic E-state index is -0.423. The highest BCUT2D eigenvalue weighted by atomic mass is 16.5. The van der Waals surface area contributed by atoms with Crippen molar-refractivity contribution in [2.45, 2.75) is 58.9 Å². The first kappa shape index (κ1) is 16.8. The van der Waals surface area contributed by atoms with Crippen molar-refractivity contribution >= 4 is 0 Å². The fourth-order valence-corrected chi connectivity index (χ4v) is 1.65. The average molecular weight is 281 g/mol. The Labute approximate surface area is 122 Å². The van der Waals surface area contributed by atoms with E-state index in [2.05, 4.69) is 5.32 Å². The Hall–Kier alpha value is -1.26. The maximum Gasteiger partial charge on any atom is 0.161 e. The zero-order valence-corrected chi connectivity index (χ0v) is 13.4. The van der Waals surface area contributed by atoms with E-state index in [0.29, 0.717) is 6.54 Å². The van der Waals surface area contributed by atoms with Crippen LogP contribution in [-0.4, -0.2) is 30.0 Å². The summed E-state index contributed by atoms with van der Waals surface area (Å²) in [6.07, 6.45) is -0.310. The smallest absolute Gasteiger partial charge is 0.161 e. The predicted molar refractivity (Wildman–Crippen MR) is 81.4 cm³/mol. The molecule has 4 nitrogen and oxygen atoms in total. The van der Waals surface area contributed by atoms with Gasteiger partial charge < -0.3 is 19.9 Å². The van der Waals surface area contributed by atoms with E-state index in [0.717, 1.165) is 17.1 Å². The van der Waals surface area contributed by atoms with Crippen LogP contribution in [0, 0.1) is 0 Å². The monoisotopic (exact) mass is 281 g/mol. The molecule has 1 aromatic rings. The molecule has 0 spiro atoms. The molecule has 1 rings (SSSR count). The van der Waals surface area contributed by atoms with Gasteiger partial charge in [-0.25, -0.2) is 0 Å². The van der Waals surface area contributed by atoms with Gasteiger partial charge in [-0.3, -0.25) is 0 Å². The largest absolute Gasteiger partial charge is 0.493 e. The third-order valence-corrected chi connectivity index (χ3v) is 3.38. The van der Waals surface area contributed by atoms with Crippen molar-refractivity contribution in [1.29, 1.82) is 0 Å². The Kier molecular flexibility index (Phi) is 5.84. The summed E-state index contributed by atoms with van der Waals surface area (Å²) in [7, 11) is 1.64. The maximum atomic E-state index is 9.69. The van der Waals surface area contributed by atoms with Crippen molar-refractivity contribution < 1.29 is 14.6 Å². The summed E-state index contributed by atoms with van der Waals surface area (Å²) >= 11 is 0. The summed E-state index contributed by atoms with van der Waals surface area (Å²) < 4.78 is 11.1. The summed E-state index contributed by atoms with van der Waals surface area (Å²) in [6.45, 7) is 10.4. The molecule has 114 valence electrons. The number of aliphatic hydroxyl groups excluding tert-OH is 1. The van der Waals surface area contributed by atoms with Crippen LogP contribution in [0.1, 0.15) is 40.2 Å². The van der Waals surface area contributed by atoms with Gasteiger partial charge in [0.1, 0.15) is 0 Å². The first-order valence-electron chi connectivity index (χ1n) is 7.03. The number of benzene rings is 1. The second-order valence-corrected chi connectivity index (χ2v) is 5.90. The Balaban J connectivity index is 2.78. The predicted octanol–water partition coefficient (Wildman–Crippen LogP) is 2.73. The lowest BCUT2D eigenvalue weighted by molar-refractivity contribution is 0.0956. The number of hydrogen-bond acceptors (Lipinski definition) is 4. The van der Waals surface area contributed by atoms with E-state index in [1.165, 1.54) is 0 Å². The average Bonchev–Trinajstić information content (AvgIpc) is 2.36. The van der Waals surface area contributed by atoms with E-state index in [9.17, 15) is 5.11 Å². The van der Waals surface area contributed by atoms with Crippen LogP contribution in [-0.2, 0) is 6.54 Å². The van der Waals surface area contributed by atoms with Crippen molar-refractivity contribution in [3.63, 3.8) is 0 Å². The van der Waals surface area contributed by atoms with Gasteiger partial charge in [0.15, 0.2) is 11.5 Å². The zero-order chi connectivity index (χ0) is 15.3. The molecule has 0 saturated carbocycles. The van der Waals surface area contributed by atoms with Crippen molar-refractivity contribution in [1.82, 2.24) is 5.32 Å². The lowest BCUT2D eigenvalue weighted by Crippen LogP contribution is -2.47. The van der Waals surface area contributed by atoms with Crippen LogP contribution in [0.15, 0.2) is 18.2 Å². The summed E-state index contributed by atoms with van der Waals surface area (Å²) in [6, 6.07) is 5.89. The van der Waals surface area contributed by atoms with E-state index in [-0.39, 0.29) is 11.6 Å². The minimum absolute atomic E-state index is 0.113. The van der Waals surface area contributed by atoms with Crippen LogP contribution < -0.4 is 14.8 Å². The van der Waals surface area contributed by atoms with E-state index in [4.69, 9.17) is 9.47 Å². The van der Waals surface area contributed by atoms with Gasteiger partial charge >= 0.3 is 0 Å². The molecule has 0 aliphatic heterocycles. The minimum Gasteiger partial charge on any atom is -0.493 e. The highest BCUT2D eigenvalue weighted by Crippen LogP contribution is 2.29. The number of methoxy groups -OCH3 is 1. The van der Waals surface area contributed by atoms with Gasteiger partial charge in [0.25, 0.3) is 0 Å². The van der Waals surface area contributed by atoms with Gasteiger partial charge in [0, 0.05) is 12.1 Å². The molecule has 0 radical (unpaired) electrons. The van der Waals surface area contributed by atoms with E-state index >= 15 is 0 Å². The number of ether oxygens (including phenoxy) is 2. The van der Waals surface area contributed by atoms with Crippen molar-refractivity contribution in [2.24, 2.45) is 0 Å². The summed E-state index contributed by atoms with van der Waals surface area (Å²) in [5, 5.41) is 13.0. The molecular formula is C16H27NO3. The second kappa shape index (κ2) is 6.95. The number of hydrogen-bond donors (Lipinski definition) is 2. The number of nitrogens with one attached hydrogen (secondary N) is 1. The first-order valence-corrected chi connectivity index (χ1v) is 7.03. The molecule has 0 bridgehead atoms. The molecule has 0 aliphatic rings. The molecule has 1 aromatic carbocycles. The van der Waals surface area contributed by atoms with Gasteiger partial charge in [-0.15, -0.1) is 0 Å². The molecule has 0 amide bonds. The molecule has 1 unspecified atom stereocenters. The van der Waals surface area contributed by atoms with E-state index < -0.39 is 6.10 Å². The van der Waals surface area contributed by atoms with E-state index in [1.807, 2.05) is 45.9 Å². The van der Waals surface area contributed by atoms with Crippen molar-refractivity contribution in [2.75, 3.05) is 7.11 Å². The molecule has 0 fully saturated rings. The summed E-state index contributed by atoms with van der Waals surface area (Å²) in [5.41, 5.74) is 0.757. The Morgan fingerprint density at radius 3 is 2.35 bits per heavy atom. The zero-order valence-electron chi connectivity index (χ0n) is 13.4. The first-order chi connectivity index (χ1) is 9.26. The Bertz CT molecular complexity index is 428. The van der Waals surface area contributed by atoms with Crippen LogP contribution >= 0.6 is 0 Å². The van der Waals surface area contributed by atoms with Crippen LogP contribution in [0.2, 0.25) is 0 Å². The second-order valence-electron chi connectivity index (χ2n) is 5.90. The van der Waals surface area contributed by atoms with Crippen LogP contribution in [0.25, 0.3) is 0 Å². The number of rotatable bonds is 7. The van der Waals surface area contributed by atoms with Gasteiger partial charge in [0.2, 0.25) is 0 Å². The summed E-state index contributed by atoms with van der Waals surface area (Å²) in [5.74, 6) is 1.48. The normalized spacial score (nSPS) is 13.4. The van der Waals surface area contributed by atoms with Crippen LogP contribution in [0.3, 0.4) is 0 Å². The maximum absolute atomic E-state index is 9.69. The van der Waals surface area contributed by atoms with Gasteiger partial charge in [-0.2, -0.15) is 0 Å². The molecule has 0 heterocycles. The Morgan fingerprint density at radius 1 is 1.20 bits per heavy atom. The molecule has 1 atom stereocenters. The topological polar surface area (TPSA) is 50.7 Å². The quantitative estimate of drug-likeness (QED) is 0.807. The van der Waals surface area contributed by atoms with Crippen LogP contribution in [0.4, 0.5) is 0 Å². The highest BCUT2D eigenvalue weighted by Gasteiger charge is 2.23.